The average Bonchev–Trinajstić information content (AvgIpc) is 2.79. The van der Waals surface area contributed by atoms with Gasteiger partial charge < -0.3 is 5.11 Å². The summed E-state index contributed by atoms with van der Waals surface area (Å²) in [5.41, 5.74) is -0.368. The third-order valence-corrected chi connectivity index (χ3v) is 4.57. The van der Waals surface area contributed by atoms with Crippen LogP contribution in [0, 0.1) is 5.92 Å². The standard InChI is InChI=1S/C13H16F3NO2S/c1-8-2-3-9(12(18)19)4-17(8)5-10-6-20-7-11(10)13(14,15)16/h6-9H,2-5H2,1H3,(H,18,19). The number of carboxylic acids is 1. The molecule has 0 aliphatic carbocycles. The van der Waals surface area contributed by atoms with Crippen LogP contribution in [-0.2, 0) is 17.5 Å². The minimum Gasteiger partial charge on any atom is -0.481 e. The molecule has 2 atom stereocenters. The Bertz CT molecular complexity index is 486. The molecule has 1 saturated heterocycles. The van der Waals surface area contributed by atoms with Gasteiger partial charge in [-0.25, -0.2) is 0 Å². The zero-order chi connectivity index (χ0) is 14.9. The van der Waals surface area contributed by atoms with E-state index in [2.05, 4.69) is 0 Å². The van der Waals surface area contributed by atoms with Crippen LogP contribution in [-0.4, -0.2) is 28.6 Å². The summed E-state index contributed by atoms with van der Waals surface area (Å²) in [5.74, 6) is -1.36. The van der Waals surface area contributed by atoms with Crippen LogP contribution in [0.25, 0.3) is 0 Å². The van der Waals surface area contributed by atoms with Gasteiger partial charge in [0.25, 0.3) is 0 Å². The summed E-state index contributed by atoms with van der Waals surface area (Å²) in [7, 11) is 0. The number of carboxylic acid groups (broad SMARTS) is 1. The van der Waals surface area contributed by atoms with E-state index in [-0.39, 0.29) is 18.2 Å². The smallest absolute Gasteiger partial charge is 0.417 e. The first-order valence-electron chi connectivity index (χ1n) is 6.38. The molecule has 1 aliphatic heterocycles. The van der Waals surface area contributed by atoms with Gasteiger partial charge in [0.1, 0.15) is 0 Å². The summed E-state index contributed by atoms with van der Waals surface area (Å²) in [6, 6.07) is 0.103. The fourth-order valence-corrected chi connectivity index (χ4v) is 3.37. The van der Waals surface area contributed by atoms with E-state index in [9.17, 15) is 18.0 Å². The fourth-order valence-electron chi connectivity index (χ4n) is 2.51. The van der Waals surface area contributed by atoms with Crippen LogP contribution in [0.3, 0.4) is 0 Å². The summed E-state index contributed by atoms with van der Waals surface area (Å²) in [6.45, 7) is 2.39. The molecule has 7 heteroatoms. The molecule has 1 aromatic rings. The maximum absolute atomic E-state index is 12.8. The SMILES string of the molecule is CC1CCC(C(=O)O)CN1Cc1cscc1C(F)(F)F. The van der Waals surface area contributed by atoms with Crippen LogP contribution in [0.15, 0.2) is 10.8 Å². The molecule has 0 spiro atoms. The Morgan fingerprint density at radius 2 is 2.15 bits per heavy atom. The molecule has 20 heavy (non-hydrogen) atoms. The quantitative estimate of drug-likeness (QED) is 0.930. The molecular weight excluding hydrogens is 291 g/mol. The molecular formula is C13H16F3NO2S. The van der Waals surface area contributed by atoms with Crippen molar-refractivity contribution in [2.24, 2.45) is 5.92 Å². The van der Waals surface area contributed by atoms with Crippen LogP contribution >= 0.6 is 11.3 Å². The van der Waals surface area contributed by atoms with Crippen molar-refractivity contribution in [1.29, 1.82) is 0 Å². The lowest BCUT2D eigenvalue weighted by Gasteiger charge is -2.36. The molecule has 112 valence electrons. The van der Waals surface area contributed by atoms with Crippen molar-refractivity contribution < 1.29 is 23.1 Å². The number of aliphatic carboxylic acids is 1. The number of nitrogens with zero attached hydrogens (tertiary/aromatic N) is 1. The van der Waals surface area contributed by atoms with Crippen molar-refractivity contribution in [1.82, 2.24) is 4.90 Å². The van der Waals surface area contributed by atoms with E-state index < -0.39 is 23.6 Å². The lowest BCUT2D eigenvalue weighted by molar-refractivity contribution is -0.145. The highest BCUT2D eigenvalue weighted by atomic mass is 32.1. The highest BCUT2D eigenvalue weighted by Gasteiger charge is 2.36. The second-order valence-corrected chi connectivity index (χ2v) is 5.94. The van der Waals surface area contributed by atoms with Gasteiger partial charge in [0.2, 0.25) is 0 Å². The summed E-state index contributed by atoms with van der Waals surface area (Å²) < 4.78 is 38.5. The van der Waals surface area contributed by atoms with E-state index in [1.807, 2.05) is 11.8 Å². The Kier molecular flexibility index (Phi) is 4.39. The van der Waals surface area contributed by atoms with Crippen LogP contribution < -0.4 is 0 Å². The first-order valence-corrected chi connectivity index (χ1v) is 7.32. The molecule has 2 rings (SSSR count). The van der Waals surface area contributed by atoms with Crippen molar-refractivity contribution in [3.8, 4) is 0 Å². The highest BCUT2D eigenvalue weighted by Crippen LogP contribution is 2.35. The van der Waals surface area contributed by atoms with E-state index in [0.29, 0.717) is 19.4 Å². The van der Waals surface area contributed by atoms with Crippen LogP contribution in [0.5, 0.6) is 0 Å². The summed E-state index contributed by atoms with van der Waals surface area (Å²) in [5, 5.41) is 11.7. The molecule has 1 fully saturated rings. The number of halogens is 3. The number of hydrogen-bond acceptors (Lipinski definition) is 3. The Morgan fingerprint density at radius 1 is 1.45 bits per heavy atom. The Balaban J connectivity index is 2.12. The molecule has 1 N–H and O–H groups in total. The molecule has 2 heterocycles. The van der Waals surface area contributed by atoms with Gasteiger partial charge in [-0.3, -0.25) is 9.69 Å². The van der Waals surface area contributed by atoms with Crippen molar-refractivity contribution in [2.45, 2.75) is 38.5 Å². The lowest BCUT2D eigenvalue weighted by Crippen LogP contribution is -2.43. The van der Waals surface area contributed by atoms with E-state index in [0.717, 1.165) is 16.7 Å². The number of carbonyl (C=O) groups is 1. The minimum atomic E-state index is -4.35. The van der Waals surface area contributed by atoms with Gasteiger partial charge in [-0.05, 0) is 30.7 Å². The molecule has 3 nitrogen and oxygen atoms in total. The average molecular weight is 307 g/mol. The zero-order valence-corrected chi connectivity index (χ0v) is 11.8. The topological polar surface area (TPSA) is 40.5 Å². The number of piperidine rings is 1. The number of rotatable bonds is 3. The summed E-state index contributed by atoms with van der Waals surface area (Å²) in [6.07, 6.45) is -3.06. The van der Waals surface area contributed by atoms with Crippen molar-refractivity contribution in [2.75, 3.05) is 6.54 Å². The van der Waals surface area contributed by atoms with Crippen LogP contribution in [0.4, 0.5) is 13.2 Å². The summed E-state index contributed by atoms with van der Waals surface area (Å²) in [4.78, 5) is 12.9. The Hall–Kier alpha value is -1.08. The molecule has 1 aromatic heterocycles. The Morgan fingerprint density at radius 3 is 2.75 bits per heavy atom. The maximum atomic E-state index is 12.8. The van der Waals surface area contributed by atoms with Gasteiger partial charge in [0.15, 0.2) is 0 Å². The lowest BCUT2D eigenvalue weighted by atomic mass is 9.93. The van der Waals surface area contributed by atoms with Gasteiger partial charge >= 0.3 is 12.1 Å². The second kappa shape index (κ2) is 5.73. The summed E-state index contributed by atoms with van der Waals surface area (Å²) >= 11 is 1.03. The van der Waals surface area contributed by atoms with Crippen LogP contribution in [0.1, 0.15) is 30.9 Å². The van der Waals surface area contributed by atoms with Gasteiger partial charge in [0, 0.05) is 24.5 Å². The van der Waals surface area contributed by atoms with Crippen molar-refractivity contribution in [3.05, 3.63) is 21.9 Å². The van der Waals surface area contributed by atoms with Crippen molar-refractivity contribution >= 4 is 17.3 Å². The molecule has 0 amide bonds. The van der Waals surface area contributed by atoms with Gasteiger partial charge in [-0.2, -0.15) is 24.5 Å². The van der Waals surface area contributed by atoms with E-state index in [4.69, 9.17) is 5.11 Å². The van der Waals surface area contributed by atoms with Gasteiger partial charge in [-0.15, -0.1) is 0 Å². The molecule has 0 aromatic carbocycles. The third kappa shape index (κ3) is 3.32. The number of hydrogen-bond donors (Lipinski definition) is 1. The first-order chi connectivity index (χ1) is 9.29. The zero-order valence-electron chi connectivity index (χ0n) is 11.0. The predicted octanol–water partition coefficient (Wildman–Crippen LogP) is 3.45. The largest absolute Gasteiger partial charge is 0.481 e. The first kappa shape index (κ1) is 15.3. The molecule has 0 bridgehead atoms. The normalized spacial score (nSPS) is 24.8. The van der Waals surface area contributed by atoms with Gasteiger partial charge in [0.05, 0.1) is 11.5 Å². The minimum absolute atomic E-state index is 0.103. The van der Waals surface area contributed by atoms with E-state index in [1.165, 1.54) is 5.38 Å². The van der Waals surface area contributed by atoms with E-state index in [1.54, 1.807) is 0 Å². The number of likely N-dealkylation sites (tertiary alicyclic amines) is 1. The number of alkyl halides is 3. The highest BCUT2D eigenvalue weighted by molar-refractivity contribution is 7.08. The van der Waals surface area contributed by atoms with E-state index >= 15 is 0 Å². The Labute approximate surface area is 119 Å². The molecule has 0 radical (unpaired) electrons. The molecule has 1 aliphatic rings. The third-order valence-electron chi connectivity index (χ3n) is 3.78. The second-order valence-electron chi connectivity index (χ2n) is 5.20. The van der Waals surface area contributed by atoms with Crippen LogP contribution in [0.2, 0.25) is 0 Å². The maximum Gasteiger partial charge on any atom is 0.417 e. The molecule has 0 saturated carbocycles. The molecule has 2 unspecified atom stereocenters. The fraction of sp³-hybridized carbons (Fsp3) is 0.615. The predicted molar refractivity (Wildman–Crippen MR) is 69.6 cm³/mol. The number of thiophene rings is 1. The van der Waals surface area contributed by atoms with Gasteiger partial charge in [-0.1, -0.05) is 0 Å². The van der Waals surface area contributed by atoms with Crippen molar-refractivity contribution in [3.63, 3.8) is 0 Å². The monoisotopic (exact) mass is 307 g/mol.